The van der Waals surface area contributed by atoms with E-state index in [-0.39, 0.29) is 17.9 Å². The van der Waals surface area contributed by atoms with E-state index in [4.69, 9.17) is 9.15 Å². The number of carbonyl (C=O) groups excluding carboxylic acids is 1. The lowest BCUT2D eigenvalue weighted by Crippen LogP contribution is -2.24. The molecule has 0 amide bonds. The molecule has 134 valence electrons. The van der Waals surface area contributed by atoms with Crippen LogP contribution in [-0.2, 0) is 17.9 Å². The van der Waals surface area contributed by atoms with Crippen molar-refractivity contribution < 1.29 is 13.9 Å². The molecule has 0 fully saturated rings. The summed E-state index contributed by atoms with van der Waals surface area (Å²) in [6, 6.07) is 9.37. The zero-order chi connectivity index (χ0) is 18.7. The highest BCUT2D eigenvalue weighted by Gasteiger charge is 2.13. The van der Waals surface area contributed by atoms with Crippen molar-refractivity contribution in [1.82, 2.24) is 9.78 Å². The largest absolute Gasteiger partial charge is 0.456 e. The summed E-state index contributed by atoms with van der Waals surface area (Å²) in [7, 11) is 0. The number of fused-ring (bicyclic) bond motifs is 1. The van der Waals surface area contributed by atoms with Crippen LogP contribution in [0.1, 0.15) is 35.0 Å². The van der Waals surface area contributed by atoms with Gasteiger partial charge in [0.15, 0.2) is 5.69 Å². The Hall–Kier alpha value is -3.22. The maximum Gasteiger partial charge on any atom is 0.359 e. The van der Waals surface area contributed by atoms with E-state index in [0.29, 0.717) is 23.1 Å². The Morgan fingerprint density at radius 1 is 1.19 bits per heavy atom. The van der Waals surface area contributed by atoms with Crippen LogP contribution in [0, 0.1) is 6.92 Å². The second-order valence-corrected chi connectivity index (χ2v) is 5.95. The van der Waals surface area contributed by atoms with Gasteiger partial charge >= 0.3 is 11.6 Å². The number of hydrogen-bond donors (Lipinski definition) is 0. The van der Waals surface area contributed by atoms with Gasteiger partial charge in [-0.3, -0.25) is 4.79 Å². The van der Waals surface area contributed by atoms with E-state index >= 15 is 0 Å². The first-order valence-electron chi connectivity index (χ1n) is 8.26. The van der Waals surface area contributed by atoms with E-state index in [9.17, 15) is 14.4 Å². The Kier molecular flexibility index (Phi) is 4.97. The summed E-state index contributed by atoms with van der Waals surface area (Å²) in [5.74, 6) is -0.664. The number of aromatic nitrogens is 2. The fourth-order valence-corrected chi connectivity index (χ4v) is 2.60. The van der Waals surface area contributed by atoms with Crippen molar-refractivity contribution in [2.45, 2.75) is 33.4 Å². The van der Waals surface area contributed by atoms with E-state index in [0.717, 1.165) is 12.0 Å². The average Bonchev–Trinajstić information content (AvgIpc) is 2.61. The molecule has 2 heterocycles. The molecule has 26 heavy (non-hydrogen) atoms. The second kappa shape index (κ2) is 7.35. The summed E-state index contributed by atoms with van der Waals surface area (Å²) in [6.07, 6.45) is 0.719. The SMILES string of the molecule is CCCn1nc(C(=O)OCc2cc(=O)oc3cc(C)ccc23)ccc1=O. The Morgan fingerprint density at radius 2 is 2.00 bits per heavy atom. The number of ether oxygens (including phenoxy) is 1. The van der Waals surface area contributed by atoms with E-state index in [1.807, 2.05) is 26.0 Å². The standard InChI is InChI=1S/C19H18N2O5/c1-3-8-21-17(22)7-6-15(20-21)19(24)25-11-13-10-18(23)26-16-9-12(2)4-5-14(13)16/h4-7,9-10H,3,8,11H2,1-2H3. The molecule has 2 aromatic heterocycles. The molecular weight excluding hydrogens is 336 g/mol. The summed E-state index contributed by atoms with van der Waals surface area (Å²) in [4.78, 5) is 35.7. The normalized spacial score (nSPS) is 10.8. The van der Waals surface area contributed by atoms with Crippen LogP contribution in [0.2, 0.25) is 0 Å². The van der Waals surface area contributed by atoms with Gasteiger partial charge in [-0.2, -0.15) is 5.10 Å². The van der Waals surface area contributed by atoms with Crippen molar-refractivity contribution in [3.63, 3.8) is 0 Å². The summed E-state index contributed by atoms with van der Waals surface area (Å²) >= 11 is 0. The van der Waals surface area contributed by atoms with Gasteiger partial charge < -0.3 is 9.15 Å². The van der Waals surface area contributed by atoms with Crippen LogP contribution in [0.4, 0.5) is 0 Å². The summed E-state index contributed by atoms with van der Waals surface area (Å²) in [6.45, 7) is 4.12. The molecule has 0 aliphatic carbocycles. The lowest BCUT2D eigenvalue weighted by atomic mass is 10.1. The van der Waals surface area contributed by atoms with Crippen molar-refractivity contribution in [2.24, 2.45) is 0 Å². The predicted octanol–water partition coefficient (Wildman–Crippen LogP) is 2.43. The molecule has 0 aliphatic heterocycles. The van der Waals surface area contributed by atoms with Gasteiger partial charge in [0.1, 0.15) is 12.2 Å². The smallest absolute Gasteiger partial charge is 0.359 e. The zero-order valence-corrected chi connectivity index (χ0v) is 14.5. The van der Waals surface area contributed by atoms with Gasteiger partial charge in [0.2, 0.25) is 0 Å². The van der Waals surface area contributed by atoms with E-state index in [1.54, 1.807) is 6.07 Å². The first-order chi connectivity index (χ1) is 12.5. The van der Waals surface area contributed by atoms with Crippen molar-refractivity contribution >= 4 is 16.9 Å². The molecule has 7 heteroatoms. The third kappa shape index (κ3) is 3.72. The van der Waals surface area contributed by atoms with Crippen molar-refractivity contribution in [3.8, 4) is 0 Å². The maximum absolute atomic E-state index is 12.3. The van der Waals surface area contributed by atoms with Crippen LogP contribution in [0.3, 0.4) is 0 Å². The third-order valence-corrected chi connectivity index (χ3v) is 3.86. The van der Waals surface area contributed by atoms with Gasteiger partial charge in [0.05, 0.1) is 0 Å². The van der Waals surface area contributed by atoms with Crippen LogP contribution in [-0.4, -0.2) is 15.7 Å². The zero-order valence-electron chi connectivity index (χ0n) is 14.5. The first kappa shape index (κ1) is 17.6. The molecule has 7 nitrogen and oxygen atoms in total. The molecule has 1 aromatic carbocycles. The summed E-state index contributed by atoms with van der Waals surface area (Å²) in [5.41, 5.74) is 1.21. The number of rotatable bonds is 5. The van der Waals surface area contributed by atoms with E-state index in [2.05, 4.69) is 5.10 Å². The first-order valence-corrected chi connectivity index (χ1v) is 8.26. The Bertz CT molecular complexity index is 1080. The van der Waals surface area contributed by atoms with Gasteiger partial charge in [-0.25, -0.2) is 14.3 Å². The molecule has 3 aromatic rings. The fraction of sp³-hybridized carbons (Fsp3) is 0.263. The van der Waals surface area contributed by atoms with Gasteiger partial charge in [-0.05, 0) is 31.0 Å². The number of carbonyl (C=O) groups is 1. The van der Waals surface area contributed by atoms with Crippen LogP contribution in [0.5, 0.6) is 0 Å². The molecule has 0 saturated carbocycles. The lowest BCUT2D eigenvalue weighted by molar-refractivity contribution is 0.0463. The highest BCUT2D eigenvalue weighted by Crippen LogP contribution is 2.19. The highest BCUT2D eigenvalue weighted by atomic mass is 16.5. The highest BCUT2D eigenvalue weighted by molar-refractivity contribution is 5.87. The van der Waals surface area contributed by atoms with Crippen LogP contribution in [0.15, 0.2) is 50.4 Å². The van der Waals surface area contributed by atoms with E-state index in [1.165, 1.54) is 22.9 Å². The molecule has 0 radical (unpaired) electrons. The molecule has 0 bridgehead atoms. The molecule has 0 unspecified atom stereocenters. The number of nitrogens with zero attached hydrogens (tertiary/aromatic N) is 2. The number of aryl methyl sites for hydroxylation is 2. The van der Waals surface area contributed by atoms with Gasteiger partial charge in [0.25, 0.3) is 5.56 Å². The number of benzene rings is 1. The van der Waals surface area contributed by atoms with Crippen LogP contribution >= 0.6 is 0 Å². The minimum Gasteiger partial charge on any atom is -0.456 e. The summed E-state index contributed by atoms with van der Waals surface area (Å²) in [5, 5.41) is 4.72. The third-order valence-electron chi connectivity index (χ3n) is 3.86. The molecule has 3 rings (SSSR count). The predicted molar refractivity (Wildman–Crippen MR) is 95.1 cm³/mol. The second-order valence-electron chi connectivity index (χ2n) is 5.95. The Labute approximate surface area is 148 Å². The number of hydrogen-bond acceptors (Lipinski definition) is 6. The monoisotopic (exact) mass is 354 g/mol. The van der Waals surface area contributed by atoms with Crippen molar-refractivity contribution in [3.05, 3.63) is 74.0 Å². The Balaban J connectivity index is 1.84. The topological polar surface area (TPSA) is 91.4 Å². The molecule has 0 spiro atoms. The molecule has 0 aliphatic rings. The number of esters is 1. The minimum atomic E-state index is -0.664. The van der Waals surface area contributed by atoms with E-state index < -0.39 is 11.6 Å². The van der Waals surface area contributed by atoms with Gasteiger partial charge in [0, 0.05) is 29.6 Å². The van der Waals surface area contributed by atoms with Crippen LogP contribution < -0.4 is 11.2 Å². The molecule has 0 N–H and O–H groups in total. The van der Waals surface area contributed by atoms with Gasteiger partial charge in [-0.1, -0.05) is 19.1 Å². The van der Waals surface area contributed by atoms with Crippen molar-refractivity contribution in [2.75, 3.05) is 0 Å². The Morgan fingerprint density at radius 3 is 2.77 bits per heavy atom. The average molecular weight is 354 g/mol. The molecular formula is C19H18N2O5. The molecule has 0 saturated heterocycles. The summed E-state index contributed by atoms with van der Waals surface area (Å²) < 4.78 is 11.7. The molecule has 0 atom stereocenters. The quantitative estimate of drug-likeness (QED) is 0.516. The van der Waals surface area contributed by atoms with Crippen molar-refractivity contribution in [1.29, 1.82) is 0 Å². The fourth-order valence-electron chi connectivity index (χ4n) is 2.60. The maximum atomic E-state index is 12.3. The van der Waals surface area contributed by atoms with Gasteiger partial charge in [-0.15, -0.1) is 0 Å². The lowest BCUT2D eigenvalue weighted by Gasteiger charge is -2.08. The minimum absolute atomic E-state index is 0.0427. The van der Waals surface area contributed by atoms with Crippen LogP contribution in [0.25, 0.3) is 11.0 Å².